The van der Waals surface area contributed by atoms with Crippen LogP contribution in [0.3, 0.4) is 0 Å². The van der Waals surface area contributed by atoms with Crippen LogP contribution < -0.4 is 5.73 Å². The van der Waals surface area contributed by atoms with Crippen LogP contribution >= 0.6 is 0 Å². The first-order chi connectivity index (χ1) is 6.70. The highest BCUT2D eigenvalue weighted by Gasteiger charge is 2.00. The molecule has 80 valence electrons. The van der Waals surface area contributed by atoms with E-state index in [4.69, 9.17) is 10.5 Å². The second kappa shape index (κ2) is 5.54. The van der Waals surface area contributed by atoms with Crippen LogP contribution in [-0.4, -0.2) is 33.4 Å². The molecule has 0 spiro atoms. The number of hydrogen-bond acceptors (Lipinski definition) is 5. The normalized spacial score (nSPS) is 11.1. The average Bonchev–Trinajstić information content (AvgIpc) is 2.51. The Labute approximate surface area is 83.4 Å². The van der Waals surface area contributed by atoms with Crippen molar-refractivity contribution in [3.05, 3.63) is 0 Å². The zero-order valence-corrected chi connectivity index (χ0v) is 8.68. The topological polar surface area (TPSA) is 78.8 Å². The van der Waals surface area contributed by atoms with Gasteiger partial charge in [0.2, 0.25) is 5.95 Å². The summed E-state index contributed by atoms with van der Waals surface area (Å²) in [5, 5.41) is 10.7. The minimum atomic E-state index is 0.331. The average molecular weight is 199 g/mol. The second-order valence-electron chi connectivity index (χ2n) is 3.56. The van der Waals surface area contributed by atoms with Gasteiger partial charge in [0.05, 0.1) is 13.2 Å². The van der Waals surface area contributed by atoms with Crippen molar-refractivity contribution in [2.45, 2.75) is 26.8 Å². The minimum absolute atomic E-state index is 0.331. The number of aromatic nitrogens is 4. The quantitative estimate of drug-likeness (QED) is 0.667. The molecule has 14 heavy (non-hydrogen) atoms. The smallest absolute Gasteiger partial charge is 0.240 e. The van der Waals surface area contributed by atoms with Crippen LogP contribution in [0.2, 0.25) is 0 Å². The van der Waals surface area contributed by atoms with Crippen LogP contribution in [0.4, 0.5) is 5.95 Å². The molecule has 1 aromatic rings. The molecule has 0 aliphatic heterocycles. The number of tetrazole rings is 1. The number of nitrogens with two attached hydrogens (primary N) is 1. The van der Waals surface area contributed by atoms with Crippen molar-refractivity contribution in [3.8, 4) is 0 Å². The molecular weight excluding hydrogens is 182 g/mol. The molecule has 2 N–H and O–H groups in total. The highest BCUT2D eigenvalue weighted by Crippen LogP contribution is 1.99. The second-order valence-corrected chi connectivity index (χ2v) is 3.56. The van der Waals surface area contributed by atoms with Gasteiger partial charge in [0.15, 0.2) is 0 Å². The van der Waals surface area contributed by atoms with Gasteiger partial charge >= 0.3 is 0 Å². The van der Waals surface area contributed by atoms with Crippen molar-refractivity contribution < 1.29 is 4.74 Å². The third-order valence-corrected chi connectivity index (χ3v) is 1.85. The molecule has 0 aliphatic rings. The maximum Gasteiger partial charge on any atom is 0.240 e. The summed E-state index contributed by atoms with van der Waals surface area (Å²) in [6.07, 6.45) is 1.07. The number of hydrogen-bond donors (Lipinski definition) is 1. The Hall–Kier alpha value is -1.17. The number of nitrogen functional groups attached to an aromatic ring is 1. The highest BCUT2D eigenvalue weighted by atomic mass is 16.5. The largest absolute Gasteiger partial charge is 0.380 e. The Morgan fingerprint density at radius 3 is 2.79 bits per heavy atom. The fourth-order valence-electron chi connectivity index (χ4n) is 0.943. The maximum atomic E-state index is 5.47. The third kappa shape index (κ3) is 3.69. The molecule has 0 fully saturated rings. The molecule has 0 atom stereocenters. The van der Waals surface area contributed by atoms with Gasteiger partial charge in [-0.05, 0) is 22.8 Å². The molecule has 0 saturated heterocycles. The number of anilines is 1. The third-order valence-electron chi connectivity index (χ3n) is 1.85. The van der Waals surface area contributed by atoms with E-state index in [1.807, 2.05) is 0 Å². The lowest BCUT2D eigenvalue weighted by molar-refractivity contribution is 0.114. The summed E-state index contributed by atoms with van der Waals surface area (Å²) in [5.74, 6) is 1.01. The van der Waals surface area contributed by atoms with Crippen LogP contribution in [0.25, 0.3) is 0 Å². The fourth-order valence-corrected chi connectivity index (χ4v) is 0.943. The SMILES string of the molecule is CC(C)CCOCCn1nnnc1N. The molecule has 0 amide bonds. The fraction of sp³-hybridized carbons (Fsp3) is 0.875. The predicted molar refractivity (Wildman–Crippen MR) is 52.5 cm³/mol. The molecule has 6 heteroatoms. The van der Waals surface area contributed by atoms with Gasteiger partial charge < -0.3 is 10.5 Å². The van der Waals surface area contributed by atoms with Gasteiger partial charge in [-0.25, -0.2) is 4.68 Å². The standard InChI is InChI=1S/C8H17N5O/c1-7(2)3-5-14-6-4-13-8(9)10-11-12-13/h7H,3-6H2,1-2H3,(H2,9,10,12). The number of ether oxygens (including phenoxy) is 1. The summed E-state index contributed by atoms with van der Waals surface area (Å²) in [4.78, 5) is 0. The summed E-state index contributed by atoms with van der Waals surface area (Å²) in [6, 6.07) is 0. The Kier molecular flexibility index (Phi) is 4.31. The minimum Gasteiger partial charge on any atom is -0.380 e. The molecule has 0 unspecified atom stereocenters. The zero-order chi connectivity index (χ0) is 10.4. The molecular formula is C8H17N5O. The van der Waals surface area contributed by atoms with Gasteiger partial charge in [-0.15, -0.1) is 0 Å². The summed E-state index contributed by atoms with van der Waals surface area (Å²) >= 11 is 0. The number of nitrogens with zero attached hydrogens (tertiary/aromatic N) is 4. The van der Waals surface area contributed by atoms with E-state index in [0.29, 0.717) is 25.0 Å². The first kappa shape index (κ1) is 10.9. The van der Waals surface area contributed by atoms with Crippen molar-refractivity contribution in [3.63, 3.8) is 0 Å². The van der Waals surface area contributed by atoms with Gasteiger partial charge in [-0.3, -0.25) is 0 Å². The molecule has 0 bridgehead atoms. The Morgan fingerprint density at radius 1 is 1.43 bits per heavy atom. The van der Waals surface area contributed by atoms with Crippen molar-refractivity contribution in [1.29, 1.82) is 0 Å². The van der Waals surface area contributed by atoms with E-state index in [9.17, 15) is 0 Å². The first-order valence-electron chi connectivity index (χ1n) is 4.79. The van der Waals surface area contributed by atoms with Crippen LogP contribution in [0.5, 0.6) is 0 Å². The predicted octanol–water partition coefficient (Wildman–Crippen LogP) is 0.318. The molecule has 1 rings (SSSR count). The summed E-state index contributed by atoms with van der Waals surface area (Å²) in [5.41, 5.74) is 5.47. The summed E-state index contributed by atoms with van der Waals surface area (Å²) in [7, 11) is 0. The van der Waals surface area contributed by atoms with E-state index in [2.05, 4.69) is 29.4 Å². The van der Waals surface area contributed by atoms with E-state index >= 15 is 0 Å². The lowest BCUT2D eigenvalue weighted by Gasteiger charge is -2.06. The van der Waals surface area contributed by atoms with Crippen molar-refractivity contribution in [2.24, 2.45) is 5.92 Å². The summed E-state index contributed by atoms with van der Waals surface area (Å²) in [6.45, 7) is 6.32. The Balaban J connectivity index is 2.08. The van der Waals surface area contributed by atoms with E-state index in [0.717, 1.165) is 13.0 Å². The molecule has 6 nitrogen and oxygen atoms in total. The van der Waals surface area contributed by atoms with E-state index in [1.165, 1.54) is 4.68 Å². The number of rotatable bonds is 6. The molecule has 1 aromatic heterocycles. The van der Waals surface area contributed by atoms with E-state index < -0.39 is 0 Å². The van der Waals surface area contributed by atoms with E-state index in [-0.39, 0.29) is 0 Å². The van der Waals surface area contributed by atoms with Crippen molar-refractivity contribution >= 4 is 5.95 Å². The van der Waals surface area contributed by atoms with Crippen molar-refractivity contribution in [1.82, 2.24) is 20.2 Å². The van der Waals surface area contributed by atoms with Gasteiger partial charge in [0.1, 0.15) is 0 Å². The van der Waals surface area contributed by atoms with Crippen LogP contribution in [0, 0.1) is 5.92 Å². The molecule has 0 aliphatic carbocycles. The van der Waals surface area contributed by atoms with Crippen LogP contribution in [-0.2, 0) is 11.3 Å². The van der Waals surface area contributed by atoms with Crippen LogP contribution in [0.15, 0.2) is 0 Å². The van der Waals surface area contributed by atoms with E-state index in [1.54, 1.807) is 0 Å². The van der Waals surface area contributed by atoms with Crippen molar-refractivity contribution in [2.75, 3.05) is 18.9 Å². The molecule has 0 radical (unpaired) electrons. The van der Waals surface area contributed by atoms with Crippen LogP contribution in [0.1, 0.15) is 20.3 Å². The monoisotopic (exact) mass is 199 g/mol. The lowest BCUT2D eigenvalue weighted by Crippen LogP contribution is -2.11. The maximum absolute atomic E-state index is 5.47. The highest BCUT2D eigenvalue weighted by molar-refractivity contribution is 5.09. The zero-order valence-electron chi connectivity index (χ0n) is 8.68. The Morgan fingerprint density at radius 2 is 2.21 bits per heavy atom. The molecule has 0 aromatic carbocycles. The lowest BCUT2D eigenvalue weighted by atomic mass is 10.1. The molecule has 0 saturated carbocycles. The summed E-state index contributed by atoms with van der Waals surface area (Å²) < 4.78 is 6.92. The van der Waals surface area contributed by atoms with Gasteiger partial charge in [-0.1, -0.05) is 18.9 Å². The van der Waals surface area contributed by atoms with Gasteiger partial charge in [0.25, 0.3) is 0 Å². The molecule has 1 heterocycles. The Bertz CT molecular complexity index is 260. The first-order valence-corrected chi connectivity index (χ1v) is 4.79. The van der Waals surface area contributed by atoms with Gasteiger partial charge in [-0.2, -0.15) is 0 Å². The van der Waals surface area contributed by atoms with Gasteiger partial charge in [0, 0.05) is 6.61 Å².